The molecule has 9 heteroatoms. The number of nitro benzene ring substituents is 1. The minimum Gasteiger partial charge on any atom is -0.497 e. The van der Waals surface area contributed by atoms with Gasteiger partial charge in [0.15, 0.2) is 0 Å². The quantitative estimate of drug-likeness (QED) is 0.497. The Labute approximate surface area is 160 Å². The predicted molar refractivity (Wildman–Crippen MR) is 102 cm³/mol. The molecule has 0 atom stereocenters. The normalized spacial score (nSPS) is 10.4. The average molecular weight is 382 g/mol. The van der Waals surface area contributed by atoms with Gasteiger partial charge in [-0.25, -0.2) is 4.98 Å². The highest BCUT2D eigenvalue weighted by Crippen LogP contribution is 2.29. The summed E-state index contributed by atoms with van der Waals surface area (Å²) in [5, 5.41) is 13.5. The van der Waals surface area contributed by atoms with Crippen LogP contribution < -0.4 is 14.8 Å². The fourth-order valence-corrected chi connectivity index (χ4v) is 2.60. The van der Waals surface area contributed by atoms with E-state index in [1.54, 1.807) is 41.1 Å². The minimum absolute atomic E-state index is 0.0293. The number of non-ortho nitro benzene ring substituents is 1. The van der Waals surface area contributed by atoms with Crippen LogP contribution in [0.15, 0.2) is 55.0 Å². The molecule has 1 N–H and O–H groups in total. The van der Waals surface area contributed by atoms with Crippen LogP contribution in [0.3, 0.4) is 0 Å². The number of benzene rings is 2. The first-order chi connectivity index (χ1) is 13.5. The smallest absolute Gasteiger partial charge is 0.275 e. The van der Waals surface area contributed by atoms with Crippen molar-refractivity contribution in [3.05, 3.63) is 76.4 Å². The Kier molecular flexibility index (Phi) is 5.54. The highest BCUT2D eigenvalue weighted by Gasteiger charge is 2.14. The lowest BCUT2D eigenvalue weighted by Gasteiger charge is -2.10. The van der Waals surface area contributed by atoms with Gasteiger partial charge in [0.05, 0.1) is 31.2 Å². The van der Waals surface area contributed by atoms with E-state index in [0.29, 0.717) is 23.7 Å². The molecule has 0 unspecified atom stereocenters. The lowest BCUT2D eigenvalue weighted by atomic mass is 10.2. The van der Waals surface area contributed by atoms with E-state index in [1.807, 2.05) is 0 Å². The van der Waals surface area contributed by atoms with E-state index in [0.717, 1.165) is 5.56 Å². The number of carbonyl (C=O) groups excluding carboxylic acids is 1. The maximum Gasteiger partial charge on any atom is 0.275 e. The summed E-state index contributed by atoms with van der Waals surface area (Å²) >= 11 is 0. The molecule has 2 aromatic carbocycles. The first-order valence-corrected chi connectivity index (χ1v) is 8.28. The van der Waals surface area contributed by atoms with Crippen LogP contribution in [0.1, 0.15) is 16.1 Å². The van der Waals surface area contributed by atoms with E-state index in [1.165, 1.54) is 32.7 Å². The maximum absolute atomic E-state index is 12.5. The van der Waals surface area contributed by atoms with Crippen LogP contribution in [-0.4, -0.2) is 34.6 Å². The van der Waals surface area contributed by atoms with E-state index in [4.69, 9.17) is 9.47 Å². The van der Waals surface area contributed by atoms with Crippen LogP contribution in [0, 0.1) is 10.1 Å². The number of carbonyl (C=O) groups is 1. The second-order valence-corrected chi connectivity index (χ2v) is 5.88. The van der Waals surface area contributed by atoms with Crippen LogP contribution in [0.4, 0.5) is 11.4 Å². The number of aromatic nitrogens is 2. The Morgan fingerprint density at radius 1 is 1.18 bits per heavy atom. The number of nitrogens with zero attached hydrogens (tertiary/aromatic N) is 3. The van der Waals surface area contributed by atoms with E-state index in [-0.39, 0.29) is 11.4 Å². The first kappa shape index (κ1) is 18.9. The molecule has 3 rings (SSSR count). The molecule has 0 saturated carbocycles. The highest BCUT2D eigenvalue weighted by atomic mass is 16.6. The lowest BCUT2D eigenvalue weighted by molar-refractivity contribution is -0.384. The van der Waals surface area contributed by atoms with E-state index in [9.17, 15) is 14.9 Å². The number of ether oxygens (including phenoxy) is 2. The molecule has 0 aliphatic carbocycles. The monoisotopic (exact) mass is 382 g/mol. The average Bonchev–Trinajstić information content (AvgIpc) is 3.17. The molecule has 0 bridgehead atoms. The number of rotatable bonds is 7. The summed E-state index contributed by atoms with van der Waals surface area (Å²) in [5.41, 5.74) is 1.58. The summed E-state index contributed by atoms with van der Waals surface area (Å²) < 4.78 is 12.1. The van der Waals surface area contributed by atoms with Crippen LogP contribution in [0.25, 0.3) is 0 Å². The predicted octanol–water partition coefficient (Wildman–Crippen LogP) is 3.11. The first-order valence-electron chi connectivity index (χ1n) is 8.28. The van der Waals surface area contributed by atoms with Gasteiger partial charge in [-0.05, 0) is 17.7 Å². The van der Waals surface area contributed by atoms with Crippen molar-refractivity contribution in [2.45, 2.75) is 6.54 Å². The summed E-state index contributed by atoms with van der Waals surface area (Å²) in [7, 11) is 3.05. The molecule has 0 aliphatic heterocycles. The minimum atomic E-state index is -0.448. The van der Waals surface area contributed by atoms with Gasteiger partial charge in [-0.3, -0.25) is 14.9 Å². The van der Waals surface area contributed by atoms with Gasteiger partial charge in [0.25, 0.3) is 11.6 Å². The zero-order valence-electron chi connectivity index (χ0n) is 15.3. The highest BCUT2D eigenvalue weighted by molar-refractivity contribution is 6.03. The largest absolute Gasteiger partial charge is 0.497 e. The molecule has 0 spiro atoms. The second-order valence-electron chi connectivity index (χ2n) is 5.88. The molecule has 144 valence electrons. The van der Waals surface area contributed by atoms with Crippen molar-refractivity contribution in [2.24, 2.45) is 0 Å². The number of hydrogen-bond acceptors (Lipinski definition) is 6. The molecule has 9 nitrogen and oxygen atoms in total. The van der Waals surface area contributed by atoms with Crippen LogP contribution in [0.2, 0.25) is 0 Å². The second kappa shape index (κ2) is 8.21. The molecular weight excluding hydrogens is 364 g/mol. The van der Waals surface area contributed by atoms with Crippen molar-refractivity contribution >= 4 is 17.3 Å². The van der Waals surface area contributed by atoms with Crippen molar-refractivity contribution < 1.29 is 19.2 Å². The van der Waals surface area contributed by atoms with E-state index < -0.39 is 10.8 Å². The number of nitrogens with one attached hydrogen (secondary N) is 1. The third kappa shape index (κ3) is 4.26. The Morgan fingerprint density at radius 2 is 1.93 bits per heavy atom. The number of nitro groups is 1. The molecule has 1 amide bonds. The Morgan fingerprint density at radius 3 is 2.57 bits per heavy atom. The summed E-state index contributed by atoms with van der Waals surface area (Å²) in [5.74, 6) is 0.688. The van der Waals surface area contributed by atoms with Crippen molar-refractivity contribution in [1.82, 2.24) is 9.55 Å². The van der Waals surface area contributed by atoms with Gasteiger partial charge in [-0.1, -0.05) is 12.1 Å². The van der Waals surface area contributed by atoms with Crippen molar-refractivity contribution in [3.63, 3.8) is 0 Å². The Balaban J connectivity index is 1.71. The third-order valence-electron chi connectivity index (χ3n) is 4.03. The number of anilines is 1. The van der Waals surface area contributed by atoms with Gasteiger partial charge >= 0.3 is 0 Å². The summed E-state index contributed by atoms with van der Waals surface area (Å²) in [6, 6.07) is 11.3. The maximum atomic E-state index is 12.5. The zero-order chi connectivity index (χ0) is 20.1. The Hall–Kier alpha value is -3.88. The third-order valence-corrected chi connectivity index (χ3v) is 4.03. The van der Waals surface area contributed by atoms with Gasteiger partial charge in [0.2, 0.25) is 0 Å². The summed E-state index contributed by atoms with van der Waals surface area (Å²) in [6.45, 7) is 0.431. The van der Waals surface area contributed by atoms with Crippen LogP contribution >= 0.6 is 0 Å². The van der Waals surface area contributed by atoms with Gasteiger partial charge in [-0.15, -0.1) is 0 Å². The standard InChI is InChI=1S/C19H18N4O5/c1-27-15-7-8-18(28-2)16(9-15)21-19(24)17-11-22(12-20-17)10-13-3-5-14(6-4-13)23(25)26/h3-9,11-12H,10H2,1-2H3,(H,21,24). The van der Waals surface area contributed by atoms with Gasteiger partial charge in [-0.2, -0.15) is 0 Å². The molecular formula is C19H18N4O5. The van der Waals surface area contributed by atoms with E-state index in [2.05, 4.69) is 10.3 Å². The van der Waals surface area contributed by atoms with Crippen LogP contribution in [0.5, 0.6) is 11.5 Å². The topological polar surface area (TPSA) is 109 Å². The zero-order valence-corrected chi connectivity index (χ0v) is 15.3. The van der Waals surface area contributed by atoms with Crippen molar-refractivity contribution in [1.29, 1.82) is 0 Å². The number of imidazole rings is 1. The number of amides is 1. The molecule has 0 aliphatic rings. The summed E-state index contributed by atoms with van der Waals surface area (Å²) in [4.78, 5) is 26.9. The van der Waals surface area contributed by atoms with Gasteiger partial charge in [0.1, 0.15) is 17.2 Å². The fourth-order valence-electron chi connectivity index (χ4n) is 2.60. The fraction of sp³-hybridized carbons (Fsp3) is 0.158. The molecule has 1 aromatic heterocycles. The van der Waals surface area contributed by atoms with Crippen LogP contribution in [-0.2, 0) is 6.54 Å². The van der Waals surface area contributed by atoms with Gasteiger partial charge in [0, 0.05) is 30.9 Å². The van der Waals surface area contributed by atoms with Gasteiger partial charge < -0.3 is 19.4 Å². The molecule has 28 heavy (non-hydrogen) atoms. The Bertz CT molecular complexity index is 998. The lowest BCUT2D eigenvalue weighted by Crippen LogP contribution is -2.13. The SMILES string of the molecule is COc1ccc(OC)c(NC(=O)c2cn(Cc3ccc([N+](=O)[O-])cc3)cn2)c1. The summed E-state index contributed by atoms with van der Waals surface area (Å²) in [6.07, 6.45) is 3.13. The van der Waals surface area contributed by atoms with E-state index >= 15 is 0 Å². The number of methoxy groups -OCH3 is 2. The number of hydrogen-bond donors (Lipinski definition) is 1. The molecule has 0 fully saturated rings. The molecule has 1 heterocycles. The molecule has 3 aromatic rings. The molecule has 0 radical (unpaired) electrons. The van der Waals surface area contributed by atoms with Crippen molar-refractivity contribution in [2.75, 3.05) is 19.5 Å². The van der Waals surface area contributed by atoms with Crippen molar-refractivity contribution in [3.8, 4) is 11.5 Å². The molecule has 0 saturated heterocycles.